The number of aromatic nitrogens is 3. The summed E-state index contributed by atoms with van der Waals surface area (Å²) in [6, 6.07) is -0.0380. The number of nitrogens with zero attached hydrogens (tertiary/aromatic N) is 4. The summed E-state index contributed by atoms with van der Waals surface area (Å²) in [5.74, 6) is 1.26. The van der Waals surface area contributed by atoms with E-state index in [0.29, 0.717) is 12.4 Å². The topological polar surface area (TPSA) is 85.8 Å². The van der Waals surface area contributed by atoms with E-state index in [1.807, 2.05) is 15.5 Å². The van der Waals surface area contributed by atoms with E-state index in [1.165, 1.54) is 0 Å². The van der Waals surface area contributed by atoms with Crippen molar-refractivity contribution >= 4 is 17.2 Å². The van der Waals surface area contributed by atoms with Gasteiger partial charge in [0.25, 0.3) is 0 Å². The molecule has 1 saturated heterocycles. The van der Waals surface area contributed by atoms with Crippen LogP contribution >= 0.6 is 0 Å². The van der Waals surface area contributed by atoms with Crippen LogP contribution in [0.3, 0.4) is 0 Å². The van der Waals surface area contributed by atoms with Gasteiger partial charge in [0.15, 0.2) is 0 Å². The summed E-state index contributed by atoms with van der Waals surface area (Å²) in [6.45, 7) is 1.16. The predicted octanol–water partition coefficient (Wildman–Crippen LogP) is 1.18. The largest absolute Gasteiger partial charge is 0.382 e. The van der Waals surface area contributed by atoms with Crippen LogP contribution in [-0.2, 0) is 9.53 Å². The minimum atomic E-state index is -0.0380. The van der Waals surface area contributed by atoms with E-state index in [9.17, 15) is 4.79 Å². The van der Waals surface area contributed by atoms with Crippen molar-refractivity contribution in [1.29, 1.82) is 0 Å². The third-order valence-electron chi connectivity index (χ3n) is 3.87. The van der Waals surface area contributed by atoms with Gasteiger partial charge < -0.3 is 15.4 Å². The van der Waals surface area contributed by atoms with Crippen molar-refractivity contribution < 1.29 is 9.53 Å². The van der Waals surface area contributed by atoms with Gasteiger partial charge in [-0.15, -0.1) is 0 Å². The molecule has 2 N–H and O–H groups in total. The SMILES string of the molecule is COCC=CC(=O)N1CCCC1c1ncc2c(N)nccn12. The van der Waals surface area contributed by atoms with Crippen LogP contribution in [0.2, 0.25) is 0 Å². The van der Waals surface area contributed by atoms with E-state index >= 15 is 0 Å². The first-order valence-corrected chi connectivity index (χ1v) is 7.26. The van der Waals surface area contributed by atoms with Gasteiger partial charge in [0, 0.05) is 32.1 Å². The summed E-state index contributed by atoms with van der Waals surface area (Å²) in [6.07, 6.45) is 10.3. The van der Waals surface area contributed by atoms with Gasteiger partial charge >= 0.3 is 0 Å². The zero-order valence-corrected chi connectivity index (χ0v) is 12.5. The summed E-state index contributed by atoms with van der Waals surface area (Å²) in [5, 5.41) is 0. The molecule has 1 unspecified atom stereocenters. The molecule has 22 heavy (non-hydrogen) atoms. The van der Waals surface area contributed by atoms with Crippen LogP contribution in [0.1, 0.15) is 24.7 Å². The van der Waals surface area contributed by atoms with Crippen LogP contribution in [0.4, 0.5) is 5.82 Å². The number of nitrogens with two attached hydrogens (primary N) is 1. The van der Waals surface area contributed by atoms with E-state index in [4.69, 9.17) is 10.5 Å². The highest BCUT2D eigenvalue weighted by atomic mass is 16.5. The molecule has 1 atom stereocenters. The molecule has 0 bridgehead atoms. The van der Waals surface area contributed by atoms with E-state index in [-0.39, 0.29) is 11.9 Å². The molecule has 3 heterocycles. The highest BCUT2D eigenvalue weighted by Gasteiger charge is 2.31. The van der Waals surface area contributed by atoms with Gasteiger partial charge in [-0.3, -0.25) is 9.20 Å². The molecule has 2 aromatic heterocycles. The summed E-state index contributed by atoms with van der Waals surface area (Å²) in [4.78, 5) is 22.7. The third kappa shape index (κ3) is 2.55. The van der Waals surface area contributed by atoms with Crippen molar-refractivity contribution in [3.63, 3.8) is 0 Å². The molecule has 7 heteroatoms. The molecule has 0 saturated carbocycles. The second-order valence-electron chi connectivity index (χ2n) is 5.23. The zero-order valence-electron chi connectivity index (χ0n) is 12.5. The lowest BCUT2D eigenvalue weighted by Gasteiger charge is -2.22. The lowest BCUT2D eigenvalue weighted by atomic mass is 10.2. The highest BCUT2D eigenvalue weighted by Crippen LogP contribution is 2.32. The molecule has 1 aliphatic heterocycles. The number of rotatable bonds is 4. The Morgan fingerprint density at radius 1 is 1.55 bits per heavy atom. The summed E-state index contributed by atoms with van der Waals surface area (Å²) in [5.41, 5.74) is 6.64. The first-order chi connectivity index (χ1) is 10.7. The van der Waals surface area contributed by atoms with Gasteiger partial charge in [-0.1, -0.05) is 6.08 Å². The second kappa shape index (κ2) is 6.15. The smallest absolute Gasteiger partial charge is 0.246 e. The van der Waals surface area contributed by atoms with Crippen LogP contribution < -0.4 is 5.73 Å². The van der Waals surface area contributed by atoms with Crippen LogP contribution in [0.15, 0.2) is 30.7 Å². The van der Waals surface area contributed by atoms with Gasteiger partial charge in [-0.05, 0) is 12.8 Å². The maximum Gasteiger partial charge on any atom is 0.246 e. The third-order valence-corrected chi connectivity index (χ3v) is 3.87. The maximum atomic E-state index is 12.3. The number of nitrogen functional groups attached to an aromatic ring is 1. The molecule has 1 aliphatic rings. The van der Waals surface area contributed by atoms with Crippen molar-refractivity contribution in [3.05, 3.63) is 36.6 Å². The molecule has 0 aliphatic carbocycles. The predicted molar refractivity (Wildman–Crippen MR) is 82.1 cm³/mol. The molecule has 1 amide bonds. The standard InChI is InChI=1S/C15H19N5O2/c1-22-9-3-5-13(21)19-7-2-4-11(19)15-18-10-12-14(16)17-6-8-20(12)15/h3,5-6,8,10-11H,2,4,7,9H2,1H3,(H2,16,17). The fourth-order valence-electron chi connectivity index (χ4n) is 2.85. The molecule has 3 rings (SSSR count). The van der Waals surface area contributed by atoms with Gasteiger partial charge in [0.05, 0.1) is 18.8 Å². The molecule has 1 fully saturated rings. The summed E-state index contributed by atoms with van der Waals surface area (Å²) >= 11 is 0. The first-order valence-electron chi connectivity index (χ1n) is 7.26. The number of hydrogen-bond acceptors (Lipinski definition) is 5. The first kappa shape index (κ1) is 14.5. The van der Waals surface area contributed by atoms with Crippen LogP contribution in [0.25, 0.3) is 5.52 Å². The average Bonchev–Trinajstić information content (AvgIpc) is 3.14. The van der Waals surface area contributed by atoms with Crippen LogP contribution in [0, 0.1) is 0 Å². The molecular formula is C15H19N5O2. The van der Waals surface area contributed by atoms with Gasteiger partial charge in [-0.2, -0.15) is 0 Å². The number of fused-ring (bicyclic) bond motifs is 1. The number of methoxy groups -OCH3 is 1. The monoisotopic (exact) mass is 301 g/mol. The fourth-order valence-corrected chi connectivity index (χ4v) is 2.85. The van der Waals surface area contributed by atoms with Crippen LogP contribution in [-0.4, -0.2) is 45.4 Å². The summed E-state index contributed by atoms with van der Waals surface area (Å²) in [7, 11) is 1.60. The van der Waals surface area contributed by atoms with E-state index < -0.39 is 0 Å². The number of carbonyl (C=O) groups is 1. The average molecular weight is 301 g/mol. The Hall–Kier alpha value is -2.41. The number of anilines is 1. The Balaban J connectivity index is 1.89. The van der Waals surface area contributed by atoms with Crippen molar-refractivity contribution in [2.24, 2.45) is 0 Å². The Kier molecular flexibility index (Phi) is 4.06. The highest BCUT2D eigenvalue weighted by molar-refractivity contribution is 5.88. The Labute approximate surface area is 128 Å². The number of hydrogen-bond donors (Lipinski definition) is 1. The Morgan fingerprint density at radius 2 is 2.41 bits per heavy atom. The summed E-state index contributed by atoms with van der Waals surface area (Å²) < 4.78 is 6.84. The normalized spacial score (nSPS) is 18.6. The second-order valence-corrected chi connectivity index (χ2v) is 5.23. The van der Waals surface area contributed by atoms with Crippen molar-refractivity contribution in [3.8, 4) is 0 Å². The number of ether oxygens (including phenoxy) is 1. The van der Waals surface area contributed by atoms with Gasteiger partial charge in [0.1, 0.15) is 17.2 Å². The lowest BCUT2D eigenvalue weighted by Crippen LogP contribution is -2.30. The van der Waals surface area contributed by atoms with Crippen LogP contribution in [0.5, 0.6) is 0 Å². The molecule has 116 valence electrons. The van der Waals surface area contributed by atoms with Gasteiger partial charge in [0.2, 0.25) is 5.91 Å². The van der Waals surface area contributed by atoms with Crippen molar-refractivity contribution in [2.75, 3.05) is 26.0 Å². The number of amides is 1. The molecule has 0 radical (unpaired) electrons. The number of carbonyl (C=O) groups excluding carboxylic acids is 1. The lowest BCUT2D eigenvalue weighted by molar-refractivity contribution is -0.127. The molecular weight excluding hydrogens is 282 g/mol. The minimum Gasteiger partial charge on any atom is -0.382 e. The van der Waals surface area contributed by atoms with E-state index in [0.717, 1.165) is 30.7 Å². The van der Waals surface area contributed by atoms with Crippen molar-refractivity contribution in [2.45, 2.75) is 18.9 Å². The Morgan fingerprint density at radius 3 is 3.23 bits per heavy atom. The molecule has 0 aromatic carbocycles. The number of likely N-dealkylation sites (tertiary alicyclic amines) is 1. The fraction of sp³-hybridized carbons (Fsp3) is 0.400. The van der Waals surface area contributed by atoms with Crippen molar-refractivity contribution in [1.82, 2.24) is 19.3 Å². The number of imidazole rings is 1. The molecule has 0 spiro atoms. The Bertz CT molecular complexity index is 709. The maximum absolute atomic E-state index is 12.3. The quantitative estimate of drug-likeness (QED) is 0.857. The molecule has 2 aromatic rings. The molecule has 7 nitrogen and oxygen atoms in total. The van der Waals surface area contributed by atoms with E-state index in [1.54, 1.807) is 31.7 Å². The van der Waals surface area contributed by atoms with E-state index in [2.05, 4.69) is 9.97 Å². The minimum absolute atomic E-state index is 0.0154. The zero-order chi connectivity index (χ0) is 15.5. The van der Waals surface area contributed by atoms with Gasteiger partial charge in [-0.25, -0.2) is 9.97 Å².